The third kappa shape index (κ3) is 7.04. The predicted octanol–water partition coefficient (Wildman–Crippen LogP) is 5.61. The van der Waals surface area contributed by atoms with E-state index in [0.717, 1.165) is 0 Å². The van der Waals surface area contributed by atoms with Crippen molar-refractivity contribution >= 4 is 30.7 Å². The van der Waals surface area contributed by atoms with Gasteiger partial charge in [0.05, 0.1) is 0 Å². The zero-order valence-corrected chi connectivity index (χ0v) is 13.6. The van der Waals surface area contributed by atoms with Crippen molar-refractivity contribution in [1.29, 1.82) is 0 Å². The summed E-state index contributed by atoms with van der Waals surface area (Å²) < 4.78 is 1.65. The molecule has 0 fully saturated rings. The van der Waals surface area contributed by atoms with Crippen LogP contribution in [0, 0.1) is 0 Å². The van der Waals surface area contributed by atoms with Gasteiger partial charge < -0.3 is 0 Å². The van der Waals surface area contributed by atoms with Gasteiger partial charge >= 0.3 is 0 Å². The van der Waals surface area contributed by atoms with Crippen molar-refractivity contribution in [2.45, 2.75) is 65.2 Å². The molecule has 0 nitrogen and oxygen atoms in total. The highest BCUT2D eigenvalue weighted by molar-refractivity contribution is 14.1. The fourth-order valence-corrected chi connectivity index (χ4v) is 4.69. The molecule has 0 saturated carbocycles. The fraction of sp³-hybridized carbons (Fsp3) is 0.833. The molecule has 0 aliphatic rings. The quantitative estimate of drug-likeness (QED) is 0.440. The maximum atomic E-state index is 2.57. The van der Waals surface area contributed by atoms with Gasteiger partial charge in [0.15, 0.2) is 0 Å². The molecule has 0 aromatic carbocycles. The van der Waals surface area contributed by atoms with Gasteiger partial charge in [-0.25, -0.2) is 0 Å². The van der Waals surface area contributed by atoms with E-state index in [4.69, 9.17) is 0 Å². The molecule has 84 valence electrons. The van der Waals surface area contributed by atoms with Crippen LogP contribution in [0.5, 0.6) is 0 Å². The highest BCUT2D eigenvalue weighted by Gasteiger charge is 2.16. The van der Waals surface area contributed by atoms with E-state index >= 15 is 0 Å². The van der Waals surface area contributed by atoms with Gasteiger partial charge in [-0.15, -0.1) is 0 Å². The first-order valence-corrected chi connectivity index (χ1v) is 10.6. The number of halogens is 1. The van der Waals surface area contributed by atoms with E-state index in [2.05, 4.69) is 56.1 Å². The normalized spacial score (nSPS) is 14.1. The first-order chi connectivity index (χ1) is 6.40. The standard InChI is InChI=1S/C12H25ISi/c1-6-8-11(10-14(3,4)5)12(13)9-7-2/h6-10H2,1-5H3. The lowest BCUT2D eigenvalue weighted by Gasteiger charge is -2.20. The Morgan fingerprint density at radius 3 is 1.86 bits per heavy atom. The van der Waals surface area contributed by atoms with Crippen molar-refractivity contribution in [3.63, 3.8) is 0 Å². The molecule has 0 heterocycles. The molecule has 2 heteroatoms. The van der Waals surface area contributed by atoms with Crippen LogP contribution < -0.4 is 0 Å². The molecule has 0 aromatic heterocycles. The van der Waals surface area contributed by atoms with Gasteiger partial charge in [-0.05, 0) is 45.1 Å². The van der Waals surface area contributed by atoms with Crippen LogP contribution in [-0.2, 0) is 0 Å². The SMILES string of the molecule is CCCC(I)=C(CCC)C[Si](C)(C)C. The van der Waals surface area contributed by atoms with Crippen LogP contribution >= 0.6 is 22.6 Å². The lowest BCUT2D eigenvalue weighted by molar-refractivity contribution is 0.868. The third-order valence-corrected chi connectivity index (χ3v) is 4.94. The molecule has 0 spiro atoms. The Hall–Kier alpha value is 0.687. The highest BCUT2D eigenvalue weighted by atomic mass is 127. The Morgan fingerprint density at radius 2 is 1.50 bits per heavy atom. The largest absolute Gasteiger partial charge is 0.0693 e. The van der Waals surface area contributed by atoms with Crippen molar-refractivity contribution in [3.05, 3.63) is 9.15 Å². The van der Waals surface area contributed by atoms with Gasteiger partial charge in [-0.2, -0.15) is 0 Å². The van der Waals surface area contributed by atoms with E-state index in [0.29, 0.717) is 0 Å². The average molecular weight is 324 g/mol. The molecule has 0 atom stereocenters. The average Bonchev–Trinajstić information content (AvgIpc) is 2.01. The van der Waals surface area contributed by atoms with Gasteiger partial charge in [0, 0.05) is 8.07 Å². The molecule has 14 heavy (non-hydrogen) atoms. The summed E-state index contributed by atoms with van der Waals surface area (Å²) in [5.74, 6) is 0. The number of hydrogen-bond acceptors (Lipinski definition) is 0. The van der Waals surface area contributed by atoms with Gasteiger partial charge in [0.1, 0.15) is 0 Å². The van der Waals surface area contributed by atoms with Gasteiger partial charge in [0.2, 0.25) is 0 Å². The van der Waals surface area contributed by atoms with Crippen LogP contribution in [0.25, 0.3) is 0 Å². The van der Waals surface area contributed by atoms with Crippen molar-refractivity contribution < 1.29 is 0 Å². The van der Waals surface area contributed by atoms with E-state index in [1.807, 2.05) is 0 Å². The Balaban J connectivity index is 4.49. The van der Waals surface area contributed by atoms with E-state index in [9.17, 15) is 0 Å². The van der Waals surface area contributed by atoms with Crippen molar-refractivity contribution in [3.8, 4) is 0 Å². The summed E-state index contributed by atoms with van der Waals surface area (Å²) in [6.45, 7) is 12.0. The predicted molar refractivity (Wildman–Crippen MR) is 79.0 cm³/mol. The maximum absolute atomic E-state index is 2.57. The Labute approximate surface area is 105 Å². The molecule has 0 bridgehead atoms. The van der Waals surface area contributed by atoms with Crippen molar-refractivity contribution in [1.82, 2.24) is 0 Å². The van der Waals surface area contributed by atoms with E-state index in [-0.39, 0.29) is 0 Å². The zero-order chi connectivity index (χ0) is 11.2. The van der Waals surface area contributed by atoms with Crippen molar-refractivity contribution in [2.75, 3.05) is 0 Å². The smallest absolute Gasteiger partial charge is 0.0483 e. The fourth-order valence-electron chi connectivity index (χ4n) is 1.66. The van der Waals surface area contributed by atoms with Crippen LogP contribution in [0.1, 0.15) is 39.5 Å². The Bertz CT molecular complexity index is 189. The summed E-state index contributed by atoms with van der Waals surface area (Å²) in [4.78, 5) is 0. The van der Waals surface area contributed by atoms with Crippen LogP contribution in [0.15, 0.2) is 9.15 Å². The second kappa shape index (κ2) is 7.04. The van der Waals surface area contributed by atoms with Gasteiger partial charge in [0.25, 0.3) is 0 Å². The zero-order valence-electron chi connectivity index (χ0n) is 10.4. The Morgan fingerprint density at radius 1 is 1.00 bits per heavy atom. The Kier molecular flexibility index (Phi) is 7.39. The van der Waals surface area contributed by atoms with Crippen molar-refractivity contribution in [2.24, 2.45) is 0 Å². The van der Waals surface area contributed by atoms with Crippen LogP contribution in [0.4, 0.5) is 0 Å². The van der Waals surface area contributed by atoms with E-state index in [1.165, 1.54) is 31.7 Å². The monoisotopic (exact) mass is 324 g/mol. The summed E-state index contributed by atoms with van der Waals surface area (Å²) in [5, 5.41) is 0. The minimum atomic E-state index is -0.912. The molecule has 0 aromatic rings. The summed E-state index contributed by atoms with van der Waals surface area (Å²) >= 11 is 2.57. The first kappa shape index (κ1) is 14.7. The molecular weight excluding hydrogens is 299 g/mol. The minimum absolute atomic E-state index is 0.912. The van der Waals surface area contributed by atoms with E-state index < -0.39 is 8.07 Å². The van der Waals surface area contributed by atoms with E-state index in [1.54, 1.807) is 9.15 Å². The third-order valence-electron chi connectivity index (χ3n) is 2.15. The second-order valence-corrected chi connectivity index (χ2v) is 12.0. The first-order valence-electron chi connectivity index (χ1n) is 5.77. The molecule has 0 aliphatic heterocycles. The van der Waals surface area contributed by atoms with Gasteiger partial charge in [-0.1, -0.05) is 51.9 Å². The lowest BCUT2D eigenvalue weighted by Crippen LogP contribution is -2.20. The lowest BCUT2D eigenvalue weighted by atomic mass is 10.1. The highest BCUT2D eigenvalue weighted by Crippen LogP contribution is 2.29. The maximum Gasteiger partial charge on any atom is 0.0483 e. The summed E-state index contributed by atoms with van der Waals surface area (Å²) in [5.41, 5.74) is 1.76. The summed E-state index contributed by atoms with van der Waals surface area (Å²) in [7, 11) is -0.912. The summed E-state index contributed by atoms with van der Waals surface area (Å²) in [6, 6.07) is 1.40. The van der Waals surface area contributed by atoms with Gasteiger partial charge in [-0.3, -0.25) is 0 Å². The van der Waals surface area contributed by atoms with Crippen LogP contribution in [0.2, 0.25) is 25.7 Å². The molecule has 0 N–H and O–H groups in total. The molecule has 0 aliphatic carbocycles. The second-order valence-electron chi connectivity index (χ2n) is 5.25. The summed E-state index contributed by atoms with van der Waals surface area (Å²) in [6.07, 6.45) is 5.20. The molecular formula is C12H25ISi. The van der Waals surface area contributed by atoms with Crippen LogP contribution in [0.3, 0.4) is 0 Å². The minimum Gasteiger partial charge on any atom is -0.0693 e. The number of rotatable bonds is 6. The van der Waals surface area contributed by atoms with Crippen LogP contribution in [-0.4, -0.2) is 8.07 Å². The number of hydrogen-bond donors (Lipinski definition) is 0. The molecule has 0 unspecified atom stereocenters. The molecule has 0 radical (unpaired) electrons. The molecule has 0 rings (SSSR count). The number of allylic oxidation sites excluding steroid dienone is 2. The molecule has 0 amide bonds. The topological polar surface area (TPSA) is 0 Å². The molecule has 0 saturated heterocycles.